The summed E-state index contributed by atoms with van der Waals surface area (Å²) in [5.41, 5.74) is 0.582. The summed E-state index contributed by atoms with van der Waals surface area (Å²) < 4.78 is 36.7. The molecule has 176 valence electrons. The third-order valence-electron chi connectivity index (χ3n) is 5.52. The highest BCUT2D eigenvalue weighted by Crippen LogP contribution is 2.30. The topological polar surface area (TPSA) is 50.8 Å². The largest absolute Gasteiger partial charge is 0.493 e. The molecular formula is C25H27ClF2N2O3. The zero-order valence-corrected chi connectivity index (χ0v) is 19.4. The minimum atomic E-state index is -2.62. The number of hydrogen-bond acceptors (Lipinski definition) is 4. The van der Waals surface area contributed by atoms with Crippen LogP contribution in [-0.2, 0) is 4.79 Å². The van der Waals surface area contributed by atoms with Crippen LogP contribution in [-0.4, -0.2) is 44.2 Å². The SMILES string of the molecule is COc1cc(NC(=O)C#Cc2ccc(C(F)F)cc2Cl)ccc1OCCN1CCC(C)CC1. The number of anilines is 1. The lowest BCUT2D eigenvalue weighted by Crippen LogP contribution is -2.35. The lowest BCUT2D eigenvalue weighted by Gasteiger charge is -2.30. The first-order valence-electron chi connectivity index (χ1n) is 10.8. The number of methoxy groups -OCH3 is 1. The fourth-order valence-corrected chi connectivity index (χ4v) is 3.73. The van der Waals surface area contributed by atoms with Crippen molar-refractivity contribution in [2.24, 2.45) is 5.92 Å². The van der Waals surface area contributed by atoms with Crippen molar-refractivity contribution in [2.45, 2.75) is 26.2 Å². The van der Waals surface area contributed by atoms with Gasteiger partial charge in [-0.05, 0) is 56.1 Å². The maximum Gasteiger partial charge on any atom is 0.300 e. The molecule has 1 aliphatic rings. The van der Waals surface area contributed by atoms with E-state index in [0.717, 1.165) is 31.6 Å². The molecule has 0 atom stereocenters. The Labute approximate surface area is 198 Å². The maximum absolute atomic E-state index is 12.7. The highest BCUT2D eigenvalue weighted by Gasteiger charge is 2.16. The summed E-state index contributed by atoms with van der Waals surface area (Å²) in [6, 6.07) is 8.83. The van der Waals surface area contributed by atoms with Gasteiger partial charge >= 0.3 is 5.91 Å². The molecule has 2 aromatic rings. The Hall–Kier alpha value is -2.82. The summed E-state index contributed by atoms with van der Waals surface area (Å²) in [5, 5.41) is 2.72. The fraction of sp³-hybridized carbons (Fsp3) is 0.400. The molecule has 0 radical (unpaired) electrons. The van der Waals surface area contributed by atoms with Gasteiger partial charge in [0.05, 0.1) is 12.1 Å². The van der Waals surface area contributed by atoms with Crippen molar-refractivity contribution in [3.63, 3.8) is 0 Å². The van der Waals surface area contributed by atoms with E-state index in [-0.39, 0.29) is 10.6 Å². The zero-order valence-electron chi connectivity index (χ0n) is 18.7. The summed E-state index contributed by atoms with van der Waals surface area (Å²) in [5.74, 6) is 6.33. The molecule has 0 bridgehead atoms. The molecule has 8 heteroatoms. The predicted molar refractivity (Wildman–Crippen MR) is 125 cm³/mol. The van der Waals surface area contributed by atoms with Gasteiger partial charge < -0.3 is 14.8 Å². The number of hydrogen-bond donors (Lipinski definition) is 1. The Morgan fingerprint density at radius 2 is 1.97 bits per heavy atom. The fourth-order valence-electron chi connectivity index (χ4n) is 3.49. The van der Waals surface area contributed by atoms with Gasteiger partial charge in [-0.25, -0.2) is 8.78 Å². The van der Waals surface area contributed by atoms with E-state index >= 15 is 0 Å². The molecule has 1 fully saturated rings. The van der Waals surface area contributed by atoms with Crippen molar-refractivity contribution in [1.82, 2.24) is 4.90 Å². The van der Waals surface area contributed by atoms with E-state index in [9.17, 15) is 13.6 Å². The number of ether oxygens (including phenoxy) is 2. The van der Waals surface area contributed by atoms with Gasteiger partial charge in [0.2, 0.25) is 0 Å². The Balaban J connectivity index is 1.56. The van der Waals surface area contributed by atoms with Crippen LogP contribution >= 0.6 is 11.6 Å². The van der Waals surface area contributed by atoms with Crippen LogP contribution in [0.3, 0.4) is 0 Å². The number of halogens is 3. The van der Waals surface area contributed by atoms with Gasteiger partial charge in [0.25, 0.3) is 6.43 Å². The summed E-state index contributed by atoms with van der Waals surface area (Å²) in [6.07, 6.45) is -0.190. The third kappa shape index (κ3) is 7.34. The second-order valence-corrected chi connectivity index (χ2v) is 8.39. The zero-order chi connectivity index (χ0) is 23.8. The van der Waals surface area contributed by atoms with E-state index < -0.39 is 12.3 Å². The number of nitrogens with zero attached hydrogens (tertiary/aromatic N) is 1. The van der Waals surface area contributed by atoms with Crippen molar-refractivity contribution < 1.29 is 23.0 Å². The van der Waals surface area contributed by atoms with Crippen molar-refractivity contribution in [1.29, 1.82) is 0 Å². The van der Waals surface area contributed by atoms with Crippen LogP contribution in [0.2, 0.25) is 5.02 Å². The van der Waals surface area contributed by atoms with Crippen LogP contribution in [0.5, 0.6) is 11.5 Å². The molecule has 0 spiro atoms. The quantitative estimate of drug-likeness (QED) is 0.544. The molecule has 3 rings (SSSR count). The molecule has 0 unspecified atom stereocenters. The van der Waals surface area contributed by atoms with E-state index in [1.165, 1.54) is 32.1 Å². The number of alkyl halides is 2. The predicted octanol–water partition coefficient (Wildman–Crippen LogP) is 5.39. The molecule has 0 saturated carbocycles. The van der Waals surface area contributed by atoms with Gasteiger partial charge in [-0.1, -0.05) is 30.5 Å². The first-order chi connectivity index (χ1) is 15.9. The lowest BCUT2D eigenvalue weighted by molar-refractivity contribution is -0.111. The summed E-state index contributed by atoms with van der Waals surface area (Å²) >= 11 is 5.97. The van der Waals surface area contributed by atoms with Gasteiger partial charge in [-0.2, -0.15) is 0 Å². The van der Waals surface area contributed by atoms with Gasteiger partial charge in [-0.3, -0.25) is 9.69 Å². The van der Waals surface area contributed by atoms with Crippen molar-refractivity contribution in [3.8, 4) is 23.3 Å². The number of nitrogens with one attached hydrogen (secondary N) is 1. The second kappa shape index (κ2) is 11.9. The van der Waals surface area contributed by atoms with E-state index in [1.807, 2.05) is 0 Å². The average molecular weight is 477 g/mol. The number of carbonyl (C=O) groups is 1. The first kappa shape index (κ1) is 24.8. The van der Waals surface area contributed by atoms with Crippen molar-refractivity contribution in [3.05, 3.63) is 52.5 Å². The monoisotopic (exact) mass is 476 g/mol. The summed E-state index contributed by atoms with van der Waals surface area (Å²) in [4.78, 5) is 14.6. The number of likely N-dealkylation sites (tertiary alicyclic amines) is 1. The Bertz CT molecular complexity index is 1030. The van der Waals surface area contributed by atoms with Gasteiger partial charge in [-0.15, -0.1) is 0 Å². The summed E-state index contributed by atoms with van der Waals surface area (Å²) in [6.45, 7) is 5.87. The molecule has 1 N–H and O–H groups in total. The summed E-state index contributed by atoms with van der Waals surface area (Å²) in [7, 11) is 1.53. The third-order valence-corrected chi connectivity index (χ3v) is 5.83. The van der Waals surface area contributed by atoms with E-state index in [0.29, 0.717) is 29.4 Å². The standard InChI is InChI=1S/C25H27ClF2N2O3/c1-17-9-11-30(12-10-17)13-14-33-22-7-6-20(16-23(22)32-2)29-24(31)8-5-18-3-4-19(25(27)28)15-21(18)26/h3-4,6-7,15-17,25H,9-14H2,1-2H3,(H,29,31). The van der Waals surface area contributed by atoms with Crippen LogP contribution in [0.4, 0.5) is 14.5 Å². The molecule has 1 heterocycles. The van der Waals surface area contributed by atoms with E-state index in [4.69, 9.17) is 21.1 Å². The number of rotatable bonds is 7. The average Bonchev–Trinajstić information content (AvgIpc) is 2.80. The van der Waals surface area contributed by atoms with E-state index in [1.54, 1.807) is 18.2 Å². The number of benzene rings is 2. The van der Waals surface area contributed by atoms with Gasteiger partial charge in [0.1, 0.15) is 6.61 Å². The highest BCUT2D eigenvalue weighted by molar-refractivity contribution is 6.31. The van der Waals surface area contributed by atoms with Crippen molar-refractivity contribution >= 4 is 23.2 Å². The highest BCUT2D eigenvalue weighted by atomic mass is 35.5. The van der Waals surface area contributed by atoms with Crippen LogP contribution < -0.4 is 14.8 Å². The second-order valence-electron chi connectivity index (χ2n) is 7.98. The van der Waals surface area contributed by atoms with Crippen LogP contribution in [0, 0.1) is 17.8 Å². The maximum atomic E-state index is 12.7. The Morgan fingerprint density at radius 3 is 2.64 bits per heavy atom. The van der Waals surface area contributed by atoms with Gasteiger partial charge in [0.15, 0.2) is 11.5 Å². The Kier molecular flexibility index (Phi) is 8.93. The van der Waals surface area contributed by atoms with Crippen LogP contribution in [0.25, 0.3) is 0 Å². The first-order valence-corrected chi connectivity index (χ1v) is 11.2. The molecule has 0 aliphatic carbocycles. The smallest absolute Gasteiger partial charge is 0.300 e. The molecule has 1 amide bonds. The van der Waals surface area contributed by atoms with Crippen molar-refractivity contribution in [2.75, 3.05) is 38.7 Å². The van der Waals surface area contributed by atoms with Crippen LogP contribution in [0.15, 0.2) is 36.4 Å². The molecular weight excluding hydrogens is 450 g/mol. The lowest BCUT2D eigenvalue weighted by atomic mass is 9.99. The van der Waals surface area contributed by atoms with E-state index in [2.05, 4.69) is 29.0 Å². The number of piperidine rings is 1. The minimum absolute atomic E-state index is 0.0651. The Morgan fingerprint density at radius 1 is 1.21 bits per heavy atom. The molecule has 1 saturated heterocycles. The number of amides is 1. The molecule has 5 nitrogen and oxygen atoms in total. The number of carbonyl (C=O) groups excluding carboxylic acids is 1. The minimum Gasteiger partial charge on any atom is -0.493 e. The molecule has 33 heavy (non-hydrogen) atoms. The van der Waals surface area contributed by atoms with Crippen LogP contribution in [0.1, 0.15) is 37.3 Å². The normalized spacial score (nSPS) is 14.5. The molecule has 0 aromatic heterocycles. The molecule has 1 aliphatic heterocycles. The van der Waals surface area contributed by atoms with Gasteiger partial charge in [0, 0.05) is 35.3 Å². The molecule has 2 aromatic carbocycles.